The lowest BCUT2D eigenvalue weighted by Crippen LogP contribution is -2.24. The Kier molecular flexibility index (Phi) is 4.55. The van der Waals surface area contributed by atoms with Gasteiger partial charge in [-0.25, -0.2) is 4.98 Å². The lowest BCUT2D eigenvalue weighted by Gasteiger charge is -2.19. The molecular formula is C17H21N3OS. The van der Waals surface area contributed by atoms with Gasteiger partial charge in [-0.1, -0.05) is 12.1 Å². The number of thiazole rings is 1. The summed E-state index contributed by atoms with van der Waals surface area (Å²) in [6.45, 7) is 5.76. The van der Waals surface area contributed by atoms with Crippen LogP contribution in [0.15, 0.2) is 29.6 Å². The van der Waals surface area contributed by atoms with Crippen molar-refractivity contribution < 1.29 is 4.79 Å². The third kappa shape index (κ3) is 3.36. The average molecular weight is 315 g/mol. The van der Waals surface area contributed by atoms with E-state index >= 15 is 0 Å². The third-order valence-corrected chi connectivity index (χ3v) is 4.83. The van der Waals surface area contributed by atoms with E-state index in [0.29, 0.717) is 6.42 Å². The van der Waals surface area contributed by atoms with Gasteiger partial charge in [0.05, 0.1) is 10.7 Å². The number of carbonyl (C=O) groups excluding carboxylic acids is 1. The van der Waals surface area contributed by atoms with Gasteiger partial charge in [-0.15, -0.1) is 11.3 Å². The fraction of sp³-hybridized carbons (Fsp3) is 0.412. The molecule has 3 rings (SSSR count). The monoisotopic (exact) mass is 315 g/mol. The van der Waals surface area contributed by atoms with Crippen molar-refractivity contribution in [2.45, 2.75) is 39.3 Å². The minimum Gasteiger partial charge on any atom is -0.312 e. The van der Waals surface area contributed by atoms with E-state index in [1.807, 2.05) is 24.0 Å². The molecule has 1 aromatic heterocycles. The van der Waals surface area contributed by atoms with Crippen LogP contribution in [-0.2, 0) is 11.3 Å². The van der Waals surface area contributed by atoms with Crippen molar-refractivity contribution in [1.82, 2.24) is 10.3 Å². The van der Waals surface area contributed by atoms with E-state index in [-0.39, 0.29) is 11.9 Å². The zero-order chi connectivity index (χ0) is 15.5. The van der Waals surface area contributed by atoms with Crippen LogP contribution in [0.25, 0.3) is 0 Å². The maximum absolute atomic E-state index is 11.9. The molecule has 1 N–H and O–H groups in total. The van der Waals surface area contributed by atoms with Crippen molar-refractivity contribution in [3.8, 4) is 0 Å². The number of nitrogens with one attached hydrogen (secondary N) is 1. The SMILES string of the molecule is Cc1nc(CNC(C)c2cccc(N3CCCC3=O)c2)cs1. The molecule has 0 saturated carbocycles. The number of nitrogens with zero attached hydrogens (tertiary/aromatic N) is 2. The zero-order valence-corrected chi connectivity index (χ0v) is 13.8. The Hall–Kier alpha value is -1.72. The van der Waals surface area contributed by atoms with Crippen LogP contribution in [0.4, 0.5) is 5.69 Å². The maximum atomic E-state index is 11.9. The molecule has 2 heterocycles. The van der Waals surface area contributed by atoms with Gasteiger partial charge in [0.25, 0.3) is 0 Å². The number of anilines is 1. The van der Waals surface area contributed by atoms with Crippen molar-refractivity contribution in [2.24, 2.45) is 0 Å². The van der Waals surface area contributed by atoms with E-state index in [1.54, 1.807) is 11.3 Å². The first-order valence-corrected chi connectivity index (χ1v) is 8.56. The highest BCUT2D eigenvalue weighted by Crippen LogP contribution is 2.25. The highest BCUT2D eigenvalue weighted by Gasteiger charge is 2.22. The molecule has 0 radical (unpaired) electrons. The molecule has 4 nitrogen and oxygen atoms in total. The molecule has 22 heavy (non-hydrogen) atoms. The van der Waals surface area contributed by atoms with Gasteiger partial charge in [0.15, 0.2) is 0 Å². The van der Waals surface area contributed by atoms with Crippen LogP contribution in [0.2, 0.25) is 0 Å². The lowest BCUT2D eigenvalue weighted by molar-refractivity contribution is -0.117. The first kappa shape index (κ1) is 15.2. The van der Waals surface area contributed by atoms with Gasteiger partial charge in [0, 0.05) is 36.6 Å². The summed E-state index contributed by atoms with van der Waals surface area (Å²) in [5.74, 6) is 0.232. The summed E-state index contributed by atoms with van der Waals surface area (Å²) in [5, 5.41) is 6.69. The molecule has 2 aromatic rings. The average Bonchev–Trinajstić information content (AvgIpc) is 3.13. The molecule has 5 heteroatoms. The molecular weight excluding hydrogens is 294 g/mol. The van der Waals surface area contributed by atoms with Crippen molar-refractivity contribution in [3.05, 3.63) is 45.9 Å². The maximum Gasteiger partial charge on any atom is 0.227 e. The van der Waals surface area contributed by atoms with Crippen molar-refractivity contribution >= 4 is 22.9 Å². The summed E-state index contributed by atoms with van der Waals surface area (Å²) in [4.78, 5) is 18.2. The minimum absolute atomic E-state index is 0.222. The second kappa shape index (κ2) is 6.58. The molecule has 0 spiro atoms. The normalized spacial score (nSPS) is 16.3. The minimum atomic E-state index is 0.222. The summed E-state index contributed by atoms with van der Waals surface area (Å²) in [5.41, 5.74) is 3.29. The summed E-state index contributed by atoms with van der Waals surface area (Å²) >= 11 is 1.68. The second-order valence-corrected chi connectivity index (χ2v) is 6.77. The van der Waals surface area contributed by atoms with E-state index in [1.165, 1.54) is 5.56 Å². The smallest absolute Gasteiger partial charge is 0.227 e. The number of hydrogen-bond acceptors (Lipinski definition) is 4. The Morgan fingerprint density at radius 2 is 2.32 bits per heavy atom. The van der Waals surface area contributed by atoms with Crippen molar-refractivity contribution in [1.29, 1.82) is 0 Å². The molecule has 1 saturated heterocycles. The number of aromatic nitrogens is 1. The van der Waals surface area contributed by atoms with Gasteiger partial charge in [-0.2, -0.15) is 0 Å². The fourth-order valence-corrected chi connectivity index (χ4v) is 3.36. The Balaban J connectivity index is 1.67. The molecule has 116 valence electrons. The molecule has 0 bridgehead atoms. The van der Waals surface area contributed by atoms with Crippen LogP contribution >= 0.6 is 11.3 Å². The van der Waals surface area contributed by atoms with Crippen LogP contribution in [0, 0.1) is 6.92 Å². The molecule has 0 aliphatic carbocycles. The van der Waals surface area contributed by atoms with Crippen LogP contribution in [0.5, 0.6) is 0 Å². The number of aryl methyl sites for hydroxylation is 1. The van der Waals surface area contributed by atoms with Crippen LogP contribution in [0.1, 0.15) is 42.1 Å². The largest absolute Gasteiger partial charge is 0.312 e. The first-order chi connectivity index (χ1) is 10.6. The van der Waals surface area contributed by atoms with Gasteiger partial charge in [-0.05, 0) is 38.0 Å². The van der Waals surface area contributed by atoms with Gasteiger partial charge in [0.1, 0.15) is 0 Å². The Morgan fingerprint density at radius 3 is 3.00 bits per heavy atom. The van der Waals surface area contributed by atoms with E-state index in [2.05, 4.69) is 34.7 Å². The van der Waals surface area contributed by atoms with E-state index < -0.39 is 0 Å². The quantitative estimate of drug-likeness (QED) is 0.919. The molecule has 1 aromatic carbocycles. The molecule has 1 amide bonds. The summed E-state index contributed by atoms with van der Waals surface area (Å²) < 4.78 is 0. The standard InChI is InChI=1S/C17H21N3OS/c1-12(18-10-15-11-22-13(2)19-15)14-5-3-6-16(9-14)20-8-4-7-17(20)21/h3,5-6,9,11-12,18H,4,7-8,10H2,1-2H3. The highest BCUT2D eigenvalue weighted by molar-refractivity contribution is 7.09. The third-order valence-electron chi connectivity index (χ3n) is 4.01. The summed E-state index contributed by atoms with van der Waals surface area (Å²) in [6, 6.07) is 8.49. The molecule has 1 fully saturated rings. The van der Waals surface area contributed by atoms with E-state index in [4.69, 9.17) is 0 Å². The lowest BCUT2D eigenvalue weighted by atomic mass is 10.1. The summed E-state index contributed by atoms with van der Waals surface area (Å²) in [6.07, 6.45) is 1.63. The van der Waals surface area contributed by atoms with E-state index in [0.717, 1.165) is 35.9 Å². The zero-order valence-electron chi connectivity index (χ0n) is 13.0. The van der Waals surface area contributed by atoms with Crippen molar-refractivity contribution in [3.63, 3.8) is 0 Å². The molecule has 1 unspecified atom stereocenters. The van der Waals surface area contributed by atoms with Crippen LogP contribution < -0.4 is 10.2 Å². The predicted octanol–water partition coefficient (Wildman–Crippen LogP) is 3.43. The Labute approximate surface area is 135 Å². The number of rotatable bonds is 5. The summed E-state index contributed by atoms with van der Waals surface area (Å²) in [7, 11) is 0. The van der Waals surface area contributed by atoms with Crippen LogP contribution in [-0.4, -0.2) is 17.4 Å². The van der Waals surface area contributed by atoms with E-state index in [9.17, 15) is 4.79 Å². The number of hydrogen-bond donors (Lipinski definition) is 1. The first-order valence-electron chi connectivity index (χ1n) is 7.68. The van der Waals surface area contributed by atoms with Gasteiger partial charge in [-0.3, -0.25) is 4.79 Å². The number of amides is 1. The molecule has 1 aliphatic rings. The second-order valence-electron chi connectivity index (χ2n) is 5.70. The topological polar surface area (TPSA) is 45.2 Å². The fourth-order valence-electron chi connectivity index (χ4n) is 2.75. The van der Waals surface area contributed by atoms with Crippen molar-refractivity contribution in [2.75, 3.05) is 11.4 Å². The van der Waals surface area contributed by atoms with Gasteiger partial charge < -0.3 is 10.2 Å². The Bertz CT molecular complexity index is 667. The molecule has 1 aliphatic heterocycles. The number of benzene rings is 1. The Morgan fingerprint density at radius 1 is 1.45 bits per heavy atom. The molecule has 1 atom stereocenters. The van der Waals surface area contributed by atoms with Crippen LogP contribution in [0.3, 0.4) is 0 Å². The highest BCUT2D eigenvalue weighted by atomic mass is 32.1. The predicted molar refractivity (Wildman–Crippen MR) is 90.1 cm³/mol. The number of carbonyl (C=O) groups is 1. The van der Waals surface area contributed by atoms with Gasteiger partial charge >= 0.3 is 0 Å². The van der Waals surface area contributed by atoms with Gasteiger partial charge in [0.2, 0.25) is 5.91 Å².